The third kappa shape index (κ3) is 5.36. The Hall–Kier alpha value is -1.31. The van der Waals surface area contributed by atoms with Gasteiger partial charge in [-0.05, 0) is 49.4 Å². The van der Waals surface area contributed by atoms with Crippen molar-refractivity contribution in [3.05, 3.63) is 35.8 Å². The Balaban J connectivity index is 0.00000208. The molecule has 0 aliphatic heterocycles. The number of rotatable bonds is 7. The minimum Gasteiger partial charge on any atom is -0.361 e. The zero-order valence-corrected chi connectivity index (χ0v) is 16.4. The summed E-state index contributed by atoms with van der Waals surface area (Å²) in [4.78, 5) is 7.81. The average molecular weight is 444 g/mol. The molecular formula is C18H26FIN4. The summed E-state index contributed by atoms with van der Waals surface area (Å²) in [7, 11) is 0. The molecule has 1 aliphatic carbocycles. The zero-order chi connectivity index (χ0) is 16.1. The number of guanidine groups is 1. The lowest BCUT2D eigenvalue weighted by atomic mass is 10.1. The van der Waals surface area contributed by atoms with Crippen LogP contribution in [0.3, 0.4) is 0 Å². The molecule has 2 aromatic rings. The van der Waals surface area contributed by atoms with Crippen LogP contribution >= 0.6 is 24.0 Å². The van der Waals surface area contributed by atoms with Gasteiger partial charge in [0.15, 0.2) is 5.96 Å². The molecule has 1 heterocycles. The number of aromatic amines is 1. The fraction of sp³-hybridized carbons (Fsp3) is 0.500. The van der Waals surface area contributed by atoms with Crippen molar-refractivity contribution in [2.24, 2.45) is 10.9 Å². The Morgan fingerprint density at radius 3 is 2.92 bits per heavy atom. The van der Waals surface area contributed by atoms with Crippen molar-refractivity contribution < 1.29 is 4.39 Å². The molecule has 6 heteroatoms. The van der Waals surface area contributed by atoms with Crippen molar-refractivity contribution in [1.82, 2.24) is 15.6 Å². The number of aromatic nitrogens is 1. The van der Waals surface area contributed by atoms with Crippen LogP contribution < -0.4 is 10.6 Å². The van der Waals surface area contributed by atoms with Crippen LogP contribution in [0.2, 0.25) is 0 Å². The van der Waals surface area contributed by atoms with E-state index in [9.17, 15) is 4.39 Å². The monoisotopic (exact) mass is 444 g/mol. The maximum atomic E-state index is 13.4. The highest BCUT2D eigenvalue weighted by Gasteiger charge is 2.20. The molecule has 0 amide bonds. The van der Waals surface area contributed by atoms with Crippen LogP contribution in [0.25, 0.3) is 10.9 Å². The van der Waals surface area contributed by atoms with E-state index in [1.165, 1.54) is 25.3 Å². The fourth-order valence-electron chi connectivity index (χ4n) is 2.78. The second-order valence-corrected chi connectivity index (χ2v) is 6.17. The van der Waals surface area contributed by atoms with E-state index in [0.29, 0.717) is 0 Å². The molecule has 1 aromatic heterocycles. The second-order valence-electron chi connectivity index (χ2n) is 6.17. The lowest BCUT2D eigenvalue weighted by Gasteiger charge is -2.11. The molecular weight excluding hydrogens is 418 g/mol. The van der Waals surface area contributed by atoms with Gasteiger partial charge in [-0.3, -0.25) is 4.99 Å². The van der Waals surface area contributed by atoms with Crippen LogP contribution in [0.1, 0.15) is 31.7 Å². The summed E-state index contributed by atoms with van der Waals surface area (Å²) >= 11 is 0. The molecule has 0 spiro atoms. The van der Waals surface area contributed by atoms with Gasteiger partial charge in [0.25, 0.3) is 0 Å². The van der Waals surface area contributed by atoms with E-state index < -0.39 is 0 Å². The Bertz CT molecular complexity index is 679. The molecule has 0 radical (unpaired) electrons. The molecule has 132 valence electrons. The lowest BCUT2D eigenvalue weighted by Crippen LogP contribution is -2.38. The predicted octanol–water partition coefficient (Wildman–Crippen LogP) is 3.82. The molecule has 1 aromatic carbocycles. The number of halogens is 2. The number of H-pyrrole nitrogens is 1. The summed E-state index contributed by atoms with van der Waals surface area (Å²) in [5.41, 5.74) is 2.10. The van der Waals surface area contributed by atoms with Gasteiger partial charge < -0.3 is 15.6 Å². The fourth-order valence-corrected chi connectivity index (χ4v) is 2.78. The minimum absolute atomic E-state index is 0. The first kappa shape index (κ1) is 19.0. The molecule has 0 atom stereocenters. The van der Waals surface area contributed by atoms with Crippen LogP contribution in [0.4, 0.5) is 4.39 Å². The molecule has 0 saturated heterocycles. The third-order valence-electron chi connectivity index (χ3n) is 4.26. The van der Waals surface area contributed by atoms with Crippen LogP contribution in [-0.2, 0) is 6.42 Å². The number of benzene rings is 1. The van der Waals surface area contributed by atoms with E-state index in [4.69, 9.17) is 0 Å². The normalized spacial score (nSPS) is 14.5. The Morgan fingerprint density at radius 2 is 2.17 bits per heavy atom. The standard InChI is InChI=1S/C18H25FN4.HI/c1-2-20-18(21-9-7-13-3-4-13)22-10-8-14-12-23-17-6-5-15(19)11-16(14)17;/h5-6,11-13,23H,2-4,7-10H2,1H3,(H2,20,21,22);1H. The van der Waals surface area contributed by atoms with Gasteiger partial charge in [0.05, 0.1) is 0 Å². The molecule has 0 bridgehead atoms. The van der Waals surface area contributed by atoms with Gasteiger partial charge in [-0.2, -0.15) is 0 Å². The van der Waals surface area contributed by atoms with Gasteiger partial charge in [-0.25, -0.2) is 4.39 Å². The summed E-state index contributed by atoms with van der Waals surface area (Å²) in [6.07, 6.45) is 6.73. The molecule has 24 heavy (non-hydrogen) atoms. The van der Waals surface area contributed by atoms with E-state index >= 15 is 0 Å². The van der Waals surface area contributed by atoms with Crippen molar-refractivity contribution in [2.75, 3.05) is 19.6 Å². The van der Waals surface area contributed by atoms with E-state index in [0.717, 1.165) is 54.4 Å². The van der Waals surface area contributed by atoms with Crippen LogP contribution in [0, 0.1) is 11.7 Å². The van der Waals surface area contributed by atoms with Gasteiger partial charge in [-0.15, -0.1) is 24.0 Å². The molecule has 0 unspecified atom stereocenters. The summed E-state index contributed by atoms with van der Waals surface area (Å²) in [6.45, 7) is 4.59. The van der Waals surface area contributed by atoms with Crippen molar-refractivity contribution in [3.63, 3.8) is 0 Å². The van der Waals surface area contributed by atoms with E-state index in [2.05, 4.69) is 27.5 Å². The summed E-state index contributed by atoms with van der Waals surface area (Å²) in [5, 5.41) is 7.60. The zero-order valence-electron chi connectivity index (χ0n) is 14.1. The number of aliphatic imine (C=N–C) groups is 1. The van der Waals surface area contributed by atoms with Gasteiger partial charge in [0.1, 0.15) is 5.82 Å². The smallest absolute Gasteiger partial charge is 0.191 e. The quantitative estimate of drug-likeness (QED) is 0.346. The van der Waals surface area contributed by atoms with Gasteiger partial charge in [0.2, 0.25) is 0 Å². The first-order valence-electron chi connectivity index (χ1n) is 8.54. The second kappa shape index (κ2) is 9.25. The number of fused-ring (bicyclic) bond motifs is 1. The van der Waals surface area contributed by atoms with E-state index in [-0.39, 0.29) is 29.8 Å². The van der Waals surface area contributed by atoms with Gasteiger partial charge >= 0.3 is 0 Å². The molecule has 1 saturated carbocycles. The number of hydrogen-bond donors (Lipinski definition) is 3. The maximum Gasteiger partial charge on any atom is 0.191 e. The minimum atomic E-state index is -0.193. The average Bonchev–Trinajstić information content (AvgIpc) is 3.28. The number of nitrogens with zero attached hydrogens (tertiary/aromatic N) is 1. The van der Waals surface area contributed by atoms with Crippen molar-refractivity contribution in [2.45, 2.75) is 32.6 Å². The highest BCUT2D eigenvalue weighted by Crippen LogP contribution is 2.32. The first-order chi connectivity index (χ1) is 11.3. The van der Waals surface area contributed by atoms with Crippen LogP contribution in [-0.4, -0.2) is 30.6 Å². The van der Waals surface area contributed by atoms with E-state index in [1.54, 1.807) is 12.1 Å². The summed E-state index contributed by atoms with van der Waals surface area (Å²) in [5.74, 6) is 1.59. The van der Waals surface area contributed by atoms with Gasteiger partial charge in [-0.1, -0.05) is 12.8 Å². The van der Waals surface area contributed by atoms with Crippen LogP contribution in [0.5, 0.6) is 0 Å². The summed E-state index contributed by atoms with van der Waals surface area (Å²) < 4.78 is 13.4. The topological polar surface area (TPSA) is 52.2 Å². The van der Waals surface area contributed by atoms with Crippen molar-refractivity contribution >= 4 is 40.8 Å². The largest absolute Gasteiger partial charge is 0.361 e. The predicted molar refractivity (Wildman–Crippen MR) is 109 cm³/mol. The molecule has 4 nitrogen and oxygen atoms in total. The Morgan fingerprint density at radius 1 is 1.33 bits per heavy atom. The molecule has 3 N–H and O–H groups in total. The van der Waals surface area contributed by atoms with Gasteiger partial charge in [0, 0.05) is 36.7 Å². The Labute approximate surface area is 159 Å². The van der Waals surface area contributed by atoms with Crippen molar-refractivity contribution in [1.29, 1.82) is 0 Å². The lowest BCUT2D eigenvalue weighted by molar-refractivity contribution is 0.629. The molecule has 1 aliphatic rings. The molecule has 1 fully saturated rings. The molecule has 3 rings (SSSR count). The number of hydrogen-bond acceptors (Lipinski definition) is 1. The number of nitrogens with one attached hydrogen (secondary N) is 3. The Kier molecular flexibility index (Phi) is 7.33. The third-order valence-corrected chi connectivity index (χ3v) is 4.26. The highest BCUT2D eigenvalue weighted by atomic mass is 127. The maximum absolute atomic E-state index is 13.4. The summed E-state index contributed by atoms with van der Waals surface area (Å²) in [6, 6.07) is 4.86. The van der Waals surface area contributed by atoms with Crippen LogP contribution in [0.15, 0.2) is 29.4 Å². The van der Waals surface area contributed by atoms with Crippen molar-refractivity contribution in [3.8, 4) is 0 Å². The highest BCUT2D eigenvalue weighted by molar-refractivity contribution is 14.0. The SMILES string of the molecule is CCNC(=NCCC1CC1)NCCc1c[nH]c2ccc(F)cc12.I. The van der Waals surface area contributed by atoms with E-state index in [1.807, 2.05) is 6.20 Å². The first-order valence-corrected chi connectivity index (χ1v) is 8.54.